The maximum Gasteiger partial charge on any atom is 0.326 e. The van der Waals surface area contributed by atoms with E-state index >= 15 is 0 Å². The Labute approximate surface area is 148 Å². The summed E-state index contributed by atoms with van der Waals surface area (Å²) in [7, 11) is 0. The number of nitrogens with zero attached hydrogens (tertiary/aromatic N) is 1. The van der Waals surface area contributed by atoms with Gasteiger partial charge in [0.2, 0.25) is 17.7 Å². The maximum atomic E-state index is 12.2. The summed E-state index contributed by atoms with van der Waals surface area (Å²) in [5.41, 5.74) is 5.30. The van der Waals surface area contributed by atoms with Crippen molar-refractivity contribution in [3.63, 3.8) is 0 Å². The van der Waals surface area contributed by atoms with Gasteiger partial charge in [-0.3, -0.25) is 19.2 Å². The predicted molar refractivity (Wildman–Crippen MR) is 84.6 cm³/mol. The van der Waals surface area contributed by atoms with Crippen molar-refractivity contribution in [3.8, 4) is 0 Å². The summed E-state index contributed by atoms with van der Waals surface area (Å²) in [4.78, 5) is 58.8. The molecule has 1 aliphatic rings. The molecule has 0 saturated carbocycles. The molecule has 1 fully saturated rings. The molecule has 0 radical (unpaired) electrons. The molecular formula is C14H22N4O8. The summed E-state index contributed by atoms with van der Waals surface area (Å²) in [6.07, 6.45) is -0.0253. The van der Waals surface area contributed by atoms with Gasteiger partial charge in [-0.25, -0.2) is 4.79 Å². The topological polar surface area (TPSA) is 199 Å². The van der Waals surface area contributed by atoms with Crippen molar-refractivity contribution in [3.05, 3.63) is 0 Å². The Morgan fingerprint density at radius 3 is 2.38 bits per heavy atom. The zero-order chi connectivity index (χ0) is 19.9. The van der Waals surface area contributed by atoms with Crippen molar-refractivity contribution >= 4 is 29.7 Å². The first-order valence-electron chi connectivity index (χ1n) is 7.86. The van der Waals surface area contributed by atoms with Crippen LogP contribution in [-0.2, 0) is 24.0 Å². The zero-order valence-corrected chi connectivity index (χ0v) is 13.9. The zero-order valence-electron chi connectivity index (χ0n) is 13.9. The van der Waals surface area contributed by atoms with E-state index in [2.05, 4.69) is 10.6 Å². The van der Waals surface area contributed by atoms with Crippen LogP contribution in [0.15, 0.2) is 0 Å². The minimum Gasteiger partial charge on any atom is -0.481 e. The van der Waals surface area contributed by atoms with Crippen LogP contribution in [0.2, 0.25) is 0 Å². The molecule has 12 heteroatoms. The number of aliphatic carboxylic acids is 2. The number of carbonyl (C=O) groups is 5. The highest BCUT2D eigenvalue weighted by Crippen LogP contribution is 2.17. The van der Waals surface area contributed by atoms with Gasteiger partial charge in [-0.2, -0.15) is 0 Å². The van der Waals surface area contributed by atoms with Crippen LogP contribution in [0.1, 0.15) is 19.3 Å². The molecule has 0 aliphatic carbocycles. The number of hydrogen-bond donors (Lipinski definition) is 6. The van der Waals surface area contributed by atoms with Crippen LogP contribution in [0.5, 0.6) is 0 Å². The van der Waals surface area contributed by atoms with Gasteiger partial charge in [-0.1, -0.05) is 0 Å². The Balaban J connectivity index is 2.66. The molecule has 3 unspecified atom stereocenters. The smallest absolute Gasteiger partial charge is 0.326 e. The molecule has 12 nitrogen and oxygen atoms in total. The lowest BCUT2D eigenvalue weighted by molar-refractivity contribution is -0.148. The highest BCUT2D eigenvalue weighted by molar-refractivity contribution is 5.93. The standard InChI is InChI=1S/C14H22N4O8/c15-7(6-19)12(23)16-5-10(20)18-3-1-2-9(18)13(24)17-8(14(25)26)4-11(21)22/h7-9,19H,1-6,15H2,(H,16,23)(H,17,24)(H,21,22)(H,25,26). The van der Waals surface area contributed by atoms with Gasteiger partial charge in [0.1, 0.15) is 18.1 Å². The van der Waals surface area contributed by atoms with E-state index in [1.165, 1.54) is 4.90 Å². The van der Waals surface area contributed by atoms with Gasteiger partial charge < -0.3 is 36.6 Å². The van der Waals surface area contributed by atoms with Crippen LogP contribution in [0, 0.1) is 0 Å². The minimum atomic E-state index is -1.61. The molecule has 0 aromatic rings. The number of rotatable bonds is 9. The average molecular weight is 374 g/mol. The summed E-state index contributed by atoms with van der Waals surface area (Å²) >= 11 is 0. The molecule has 3 amide bonds. The second-order valence-electron chi connectivity index (χ2n) is 5.75. The highest BCUT2D eigenvalue weighted by Gasteiger charge is 2.36. The first-order valence-corrected chi connectivity index (χ1v) is 7.86. The molecule has 26 heavy (non-hydrogen) atoms. The monoisotopic (exact) mass is 374 g/mol. The quantitative estimate of drug-likeness (QED) is 0.236. The largest absolute Gasteiger partial charge is 0.481 e. The summed E-state index contributed by atoms with van der Waals surface area (Å²) in [6, 6.07) is -3.74. The Kier molecular flexibility index (Phi) is 7.93. The lowest BCUT2D eigenvalue weighted by Crippen LogP contribution is -2.53. The molecule has 1 rings (SSSR count). The van der Waals surface area contributed by atoms with Crippen LogP contribution in [0.25, 0.3) is 0 Å². The van der Waals surface area contributed by atoms with Gasteiger partial charge in [-0.05, 0) is 12.8 Å². The second-order valence-corrected chi connectivity index (χ2v) is 5.75. The molecule has 1 saturated heterocycles. The van der Waals surface area contributed by atoms with E-state index in [-0.39, 0.29) is 13.0 Å². The van der Waals surface area contributed by atoms with Crippen LogP contribution >= 0.6 is 0 Å². The highest BCUT2D eigenvalue weighted by atomic mass is 16.4. The van der Waals surface area contributed by atoms with Crippen LogP contribution < -0.4 is 16.4 Å². The fourth-order valence-electron chi connectivity index (χ4n) is 2.46. The number of likely N-dealkylation sites (tertiary alicyclic amines) is 1. The van der Waals surface area contributed by atoms with Crippen molar-refractivity contribution in [1.29, 1.82) is 0 Å². The SMILES string of the molecule is NC(CO)C(=O)NCC(=O)N1CCCC1C(=O)NC(CC(=O)O)C(=O)O. The summed E-state index contributed by atoms with van der Waals surface area (Å²) < 4.78 is 0. The van der Waals surface area contributed by atoms with Gasteiger partial charge in [-0.15, -0.1) is 0 Å². The summed E-state index contributed by atoms with van der Waals surface area (Å²) in [5.74, 6) is -4.97. The Morgan fingerprint density at radius 2 is 1.85 bits per heavy atom. The van der Waals surface area contributed by atoms with Crippen LogP contribution in [0.3, 0.4) is 0 Å². The lowest BCUT2D eigenvalue weighted by atomic mass is 10.1. The van der Waals surface area contributed by atoms with E-state index in [0.717, 1.165) is 0 Å². The number of carbonyl (C=O) groups excluding carboxylic acids is 3. The second kappa shape index (κ2) is 9.68. The van der Waals surface area contributed by atoms with Gasteiger partial charge in [0.05, 0.1) is 19.6 Å². The van der Waals surface area contributed by atoms with E-state index in [1.54, 1.807) is 0 Å². The van der Waals surface area contributed by atoms with Crippen molar-refractivity contribution in [2.24, 2.45) is 5.73 Å². The summed E-state index contributed by atoms with van der Waals surface area (Å²) in [6.45, 7) is -0.793. The molecule has 0 spiro atoms. The molecule has 146 valence electrons. The van der Waals surface area contributed by atoms with Gasteiger partial charge in [0.15, 0.2) is 0 Å². The molecule has 1 heterocycles. The van der Waals surface area contributed by atoms with E-state index < -0.39 is 67.4 Å². The fourth-order valence-corrected chi connectivity index (χ4v) is 2.46. The number of nitrogens with two attached hydrogens (primary N) is 1. The number of nitrogens with one attached hydrogen (secondary N) is 2. The molecule has 1 aliphatic heterocycles. The third-order valence-electron chi connectivity index (χ3n) is 3.82. The van der Waals surface area contributed by atoms with E-state index in [9.17, 15) is 24.0 Å². The molecule has 0 aromatic heterocycles. The Hall–Kier alpha value is -2.73. The normalized spacial score (nSPS) is 18.7. The van der Waals surface area contributed by atoms with Crippen molar-refractivity contribution in [2.45, 2.75) is 37.4 Å². The number of carboxylic acid groups (broad SMARTS) is 2. The number of amides is 3. The average Bonchev–Trinajstić information content (AvgIpc) is 3.07. The molecule has 0 aromatic carbocycles. The Morgan fingerprint density at radius 1 is 1.19 bits per heavy atom. The molecule has 0 bridgehead atoms. The van der Waals surface area contributed by atoms with Gasteiger partial charge >= 0.3 is 11.9 Å². The number of aliphatic hydroxyl groups excluding tert-OH is 1. The van der Waals surface area contributed by atoms with Crippen molar-refractivity contribution < 1.29 is 39.3 Å². The predicted octanol–water partition coefficient (Wildman–Crippen LogP) is -3.54. The number of carboxylic acids is 2. The fraction of sp³-hybridized carbons (Fsp3) is 0.643. The molecule has 3 atom stereocenters. The Bertz CT molecular complexity index is 581. The molecule has 7 N–H and O–H groups in total. The number of hydrogen-bond acceptors (Lipinski definition) is 7. The third-order valence-corrected chi connectivity index (χ3v) is 3.82. The molecular weight excluding hydrogens is 352 g/mol. The van der Waals surface area contributed by atoms with E-state index in [0.29, 0.717) is 6.42 Å². The minimum absolute atomic E-state index is 0.232. The maximum absolute atomic E-state index is 12.2. The van der Waals surface area contributed by atoms with Gasteiger partial charge in [0.25, 0.3) is 0 Å². The summed E-state index contributed by atoms with van der Waals surface area (Å²) in [5, 5.41) is 30.8. The van der Waals surface area contributed by atoms with Crippen LogP contribution in [0.4, 0.5) is 0 Å². The first kappa shape index (κ1) is 21.3. The van der Waals surface area contributed by atoms with E-state index in [4.69, 9.17) is 21.1 Å². The van der Waals surface area contributed by atoms with Crippen LogP contribution in [-0.4, -0.2) is 87.7 Å². The lowest BCUT2D eigenvalue weighted by Gasteiger charge is -2.25. The van der Waals surface area contributed by atoms with Crippen molar-refractivity contribution in [2.75, 3.05) is 19.7 Å². The number of aliphatic hydroxyl groups is 1. The first-order chi connectivity index (χ1) is 12.2. The van der Waals surface area contributed by atoms with Crippen molar-refractivity contribution in [1.82, 2.24) is 15.5 Å². The van der Waals surface area contributed by atoms with E-state index in [1.807, 2.05) is 0 Å². The van der Waals surface area contributed by atoms with Gasteiger partial charge in [0, 0.05) is 6.54 Å². The third kappa shape index (κ3) is 5.97.